The number of rotatable bonds is 7. The summed E-state index contributed by atoms with van der Waals surface area (Å²) in [6, 6.07) is 0. The van der Waals surface area contributed by atoms with E-state index in [-0.39, 0.29) is 24.8 Å². The lowest BCUT2D eigenvalue weighted by atomic mass is 9.53. The van der Waals surface area contributed by atoms with Crippen LogP contribution in [0.25, 0.3) is 0 Å². The summed E-state index contributed by atoms with van der Waals surface area (Å²) in [5.74, 6) is -0.926. The van der Waals surface area contributed by atoms with Crippen LogP contribution in [-0.2, 0) is 19.1 Å². The standard InChI is InChI=1S/C18H27NO6/c1-10(2)16(24-12(4)20)25-17(23)19-9-18(8-15(21)22)7-13-5-11(3)6-14(13)18/h6,10,13-14,16H,5,7-9H2,1-4H3,(H,19,23)(H,21,22)/t13-,14+,16-,18+/m0/s1. The second-order valence-corrected chi connectivity index (χ2v) is 7.62. The maximum Gasteiger partial charge on any atom is 0.410 e. The van der Waals surface area contributed by atoms with Crippen LogP contribution in [0.2, 0.25) is 0 Å². The summed E-state index contributed by atoms with van der Waals surface area (Å²) < 4.78 is 10.1. The Balaban J connectivity index is 1.95. The number of esters is 1. The third kappa shape index (κ3) is 4.52. The summed E-state index contributed by atoms with van der Waals surface area (Å²) in [5, 5.41) is 11.9. The normalized spacial score (nSPS) is 28.4. The molecule has 0 aliphatic heterocycles. The molecule has 140 valence electrons. The zero-order chi connectivity index (χ0) is 18.8. The lowest BCUT2D eigenvalue weighted by molar-refractivity contribution is -0.172. The molecule has 0 heterocycles. The van der Waals surface area contributed by atoms with Gasteiger partial charge >= 0.3 is 18.0 Å². The molecule has 0 saturated heterocycles. The van der Waals surface area contributed by atoms with Gasteiger partial charge in [-0.05, 0) is 31.6 Å². The molecule has 4 atom stereocenters. The van der Waals surface area contributed by atoms with Gasteiger partial charge in [0.2, 0.25) is 0 Å². The fourth-order valence-electron chi connectivity index (χ4n) is 4.02. The van der Waals surface area contributed by atoms with E-state index in [1.807, 2.05) is 0 Å². The Hall–Kier alpha value is -2.05. The van der Waals surface area contributed by atoms with E-state index in [4.69, 9.17) is 9.47 Å². The van der Waals surface area contributed by atoms with Gasteiger partial charge in [0.15, 0.2) is 0 Å². The molecule has 0 aromatic heterocycles. The number of carboxylic acid groups (broad SMARTS) is 1. The zero-order valence-electron chi connectivity index (χ0n) is 15.2. The van der Waals surface area contributed by atoms with Crippen molar-refractivity contribution in [2.45, 2.75) is 53.2 Å². The van der Waals surface area contributed by atoms with Crippen LogP contribution >= 0.6 is 0 Å². The quantitative estimate of drug-likeness (QED) is 0.414. The number of alkyl carbamates (subject to hydrolysis) is 1. The summed E-state index contributed by atoms with van der Waals surface area (Å²) in [6.07, 6.45) is 2.26. The molecule has 2 aliphatic rings. The molecular formula is C18H27NO6. The number of hydrogen-bond donors (Lipinski definition) is 2. The second-order valence-electron chi connectivity index (χ2n) is 7.62. The fourth-order valence-corrected chi connectivity index (χ4v) is 4.02. The highest BCUT2D eigenvalue weighted by atomic mass is 16.7. The number of nitrogens with one attached hydrogen (secondary N) is 1. The Morgan fingerprint density at radius 1 is 1.36 bits per heavy atom. The van der Waals surface area contributed by atoms with Crippen molar-refractivity contribution in [1.29, 1.82) is 0 Å². The predicted molar refractivity (Wildman–Crippen MR) is 89.5 cm³/mol. The van der Waals surface area contributed by atoms with Gasteiger partial charge in [0.1, 0.15) is 0 Å². The number of amides is 1. The largest absolute Gasteiger partial charge is 0.481 e. The van der Waals surface area contributed by atoms with Crippen LogP contribution in [-0.4, -0.2) is 36.0 Å². The van der Waals surface area contributed by atoms with E-state index in [0.29, 0.717) is 5.92 Å². The van der Waals surface area contributed by atoms with Gasteiger partial charge < -0.3 is 19.9 Å². The first-order chi connectivity index (χ1) is 11.6. The van der Waals surface area contributed by atoms with Crippen LogP contribution in [0.3, 0.4) is 0 Å². The molecular weight excluding hydrogens is 326 g/mol. The summed E-state index contributed by atoms with van der Waals surface area (Å²) in [5.41, 5.74) is 0.807. The molecule has 0 spiro atoms. The molecule has 2 rings (SSSR count). The third-order valence-corrected chi connectivity index (χ3v) is 5.07. The molecule has 1 saturated carbocycles. The number of ether oxygens (including phenoxy) is 2. The Bertz CT molecular complexity index is 584. The van der Waals surface area contributed by atoms with Crippen molar-refractivity contribution in [1.82, 2.24) is 5.32 Å². The summed E-state index contributed by atoms with van der Waals surface area (Å²) in [7, 11) is 0. The van der Waals surface area contributed by atoms with Crippen molar-refractivity contribution in [3.63, 3.8) is 0 Å². The van der Waals surface area contributed by atoms with E-state index in [0.717, 1.165) is 12.8 Å². The minimum absolute atomic E-state index is 0.00970. The lowest BCUT2D eigenvalue weighted by Gasteiger charge is -2.51. The molecule has 25 heavy (non-hydrogen) atoms. The Morgan fingerprint density at radius 2 is 2.04 bits per heavy atom. The number of aliphatic carboxylic acids is 1. The van der Waals surface area contributed by atoms with Gasteiger partial charge in [-0.3, -0.25) is 9.59 Å². The minimum Gasteiger partial charge on any atom is -0.481 e. The van der Waals surface area contributed by atoms with Gasteiger partial charge in [-0.1, -0.05) is 25.5 Å². The number of fused-ring (bicyclic) bond motifs is 1. The van der Waals surface area contributed by atoms with E-state index in [1.165, 1.54) is 12.5 Å². The maximum atomic E-state index is 12.1. The molecule has 0 radical (unpaired) electrons. The molecule has 7 nitrogen and oxygen atoms in total. The first kappa shape index (κ1) is 19.3. The Morgan fingerprint density at radius 3 is 2.56 bits per heavy atom. The summed E-state index contributed by atoms with van der Waals surface area (Å²) in [4.78, 5) is 34.5. The first-order valence-electron chi connectivity index (χ1n) is 8.64. The van der Waals surface area contributed by atoms with Crippen LogP contribution < -0.4 is 5.32 Å². The van der Waals surface area contributed by atoms with E-state index in [1.54, 1.807) is 13.8 Å². The van der Waals surface area contributed by atoms with Crippen LogP contribution in [0.1, 0.15) is 47.0 Å². The number of allylic oxidation sites excluding steroid dienone is 2. The van der Waals surface area contributed by atoms with E-state index in [2.05, 4.69) is 18.3 Å². The molecule has 2 N–H and O–H groups in total. The second kappa shape index (κ2) is 7.45. The van der Waals surface area contributed by atoms with Gasteiger partial charge in [-0.15, -0.1) is 0 Å². The predicted octanol–water partition coefficient (Wildman–Crippen LogP) is 2.71. The third-order valence-electron chi connectivity index (χ3n) is 5.07. The van der Waals surface area contributed by atoms with E-state index in [9.17, 15) is 19.5 Å². The van der Waals surface area contributed by atoms with Gasteiger partial charge in [-0.25, -0.2) is 4.79 Å². The highest BCUT2D eigenvalue weighted by molar-refractivity contribution is 5.70. The van der Waals surface area contributed by atoms with Gasteiger partial charge in [0.25, 0.3) is 6.29 Å². The molecule has 1 amide bonds. The number of carboxylic acids is 1. The zero-order valence-corrected chi connectivity index (χ0v) is 15.2. The van der Waals surface area contributed by atoms with Crippen molar-refractivity contribution < 1.29 is 29.0 Å². The van der Waals surface area contributed by atoms with Crippen LogP contribution in [0.15, 0.2) is 11.6 Å². The maximum absolute atomic E-state index is 12.1. The summed E-state index contributed by atoms with van der Waals surface area (Å²) in [6.45, 7) is 7.08. The van der Waals surface area contributed by atoms with Gasteiger partial charge in [0, 0.05) is 24.8 Å². The highest BCUT2D eigenvalue weighted by Crippen LogP contribution is 2.59. The molecule has 0 bridgehead atoms. The van der Waals surface area contributed by atoms with E-state index >= 15 is 0 Å². The fraction of sp³-hybridized carbons (Fsp3) is 0.722. The first-order valence-corrected chi connectivity index (χ1v) is 8.64. The summed E-state index contributed by atoms with van der Waals surface area (Å²) >= 11 is 0. The SMILES string of the molecule is CC(=O)O[C@@H](OC(=O)NC[C@]1(CC(=O)O)C[C@@H]2CC(C)=C[C@H]21)C(C)C. The molecule has 0 unspecified atom stereocenters. The molecule has 0 aromatic rings. The Kier molecular flexibility index (Phi) is 5.75. The molecule has 7 heteroatoms. The average molecular weight is 353 g/mol. The highest BCUT2D eigenvalue weighted by Gasteiger charge is 2.55. The number of carbonyl (C=O) groups is 3. The lowest BCUT2D eigenvalue weighted by Crippen LogP contribution is -2.53. The van der Waals surface area contributed by atoms with E-state index < -0.39 is 29.7 Å². The number of hydrogen-bond acceptors (Lipinski definition) is 5. The monoisotopic (exact) mass is 353 g/mol. The van der Waals surface area contributed by atoms with Crippen molar-refractivity contribution in [2.24, 2.45) is 23.2 Å². The van der Waals surface area contributed by atoms with Crippen molar-refractivity contribution in [2.75, 3.05) is 6.54 Å². The average Bonchev–Trinajstić information content (AvgIpc) is 2.78. The smallest absolute Gasteiger partial charge is 0.410 e. The van der Waals surface area contributed by atoms with Crippen molar-refractivity contribution in [3.8, 4) is 0 Å². The van der Waals surface area contributed by atoms with Gasteiger partial charge in [-0.2, -0.15) is 0 Å². The van der Waals surface area contributed by atoms with Crippen LogP contribution in [0, 0.1) is 23.2 Å². The van der Waals surface area contributed by atoms with Crippen LogP contribution in [0.5, 0.6) is 0 Å². The van der Waals surface area contributed by atoms with Gasteiger partial charge in [0.05, 0.1) is 6.42 Å². The molecule has 1 fully saturated rings. The van der Waals surface area contributed by atoms with Crippen molar-refractivity contribution >= 4 is 18.0 Å². The molecule has 2 aliphatic carbocycles. The van der Waals surface area contributed by atoms with Crippen LogP contribution in [0.4, 0.5) is 4.79 Å². The molecule has 0 aromatic carbocycles. The Labute approximate surface area is 147 Å². The minimum atomic E-state index is -0.962. The van der Waals surface area contributed by atoms with Crippen molar-refractivity contribution in [3.05, 3.63) is 11.6 Å². The number of carbonyl (C=O) groups excluding carboxylic acids is 2. The topological polar surface area (TPSA) is 102 Å².